The lowest BCUT2D eigenvalue weighted by molar-refractivity contribution is 0.184. The van der Waals surface area contributed by atoms with Crippen LogP contribution in [0.4, 0.5) is 17.3 Å². The van der Waals surface area contributed by atoms with E-state index in [9.17, 15) is 5.11 Å². The SMILES string of the molecule is CCc1cnc(NC(O)N2c3nc(-c4ccc(C)nc4)ccc3N3CC[C@H]2C3)cn1. The van der Waals surface area contributed by atoms with E-state index in [1.54, 1.807) is 12.4 Å². The molecule has 0 amide bonds. The molecule has 30 heavy (non-hydrogen) atoms. The lowest BCUT2D eigenvalue weighted by Crippen LogP contribution is -2.51. The molecule has 2 atom stereocenters. The van der Waals surface area contributed by atoms with Crippen molar-refractivity contribution < 1.29 is 5.11 Å². The van der Waals surface area contributed by atoms with Gasteiger partial charge in [0.05, 0.1) is 35.5 Å². The summed E-state index contributed by atoms with van der Waals surface area (Å²) in [4.78, 5) is 22.4. The van der Waals surface area contributed by atoms with Gasteiger partial charge in [-0.2, -0.15) is 0 Å². The Hall–Kier alpha value is -3.26. The fraction of sp³-hybridized carbons (Fsp3) is 0.364. The van der Waals surface area contributed by atoms with E-state index in [2.05, 4.69) is 31.2 Å². The molecule has 3 aromatic heterocycles. The highest BCUT2D eigenvalue weighted by Gasteiger charge is 2.40. The fourth-order valence-electron chi connectivity index (χ4n) is 4.15. The zero-order chi connectivity index (χ0) is 20.7. The van der Waals surface area contributed by atoms with Crippen LogP contribution in [0.5, 0.6) is 0 Å². The van der Waals surface area contributed by atoms with Crippen LogP contribution in [0.1, 0.15) is 24.7 Å². The van der Waals surface area contributed by atoms with Gasteiger partial charge in [-0.05, 0) is 44.0 Å². The number of nitrogens with zero attached hydrogens (tertiary/aromatic N) is 6. The average molecular weight is 403 g/mol. The summed E-state index contributed by atoms with van der Waals surface area (Å²) in [7, 11) is 0. The van der Waals surface area contributed by atoms with Gasteiger partial charge < -0.3 is 20.2 Å². The molecule has 1 fully saturated rings. The highest BCUT2D eigenvalue weighted by Crippen LogP contribution is 2.40. The van der Waals surface area contributed by atoms with Crippen LogP contribution in [-0.4, -0.2) is 50.5 Å². The lowest BCUT2D eigenvalue weighted by Gasteiger charge is -2.40. The molecule has 5 rings (SSSR count). The van der Waals surface area contributed by atoms with Gasteiger partial charge in [0.25, 0.3) is 0 Å². The summed E-state index contributed by atoms with van der Waals surface area (Å²) in [5.41, 5.74) is 4.73. The number of aliphatic hydroxyl groups excluding tert-OH is 1. The molecule has 1 unspecified atom stereocenters. The van der Waals surface area contributed by atoms with E-state index in [1.807, 2.05) is 43.1 Å². The van der Waals surface area contributed by atoms with Gasteiger partial charge in [-0.25, -0.2) is 9.97 Å². The van der Waals surface area contributed by atoms with Crippen molar-refractivity contribution >= 4 is 17.3 Å². The first kappa shape index (κ1) is 18.7. The maximum absolute atomic E-state index is 11.1. The van der Waals surface area contributed by atoms with Crippen molar-refractivity contribution in [3.8, 4) is 11.3 Å². The Labute approximate surface area is 175 Å². The number of pyridine rings is 2. The molecule has 3 aromatic rings. The summed E-state index contributed by atoms with van der Waals surface area (Å²) in [6.07, 6.45) is 6.08. The summed E-state index contributed by atoms with van der Waals surface area (Å²) < 4.78 is 0. The van der Waals surface area contributed by atoms with Crippen LogP contribution in [0, 0.1) is 6.92 Å². The van der Waals surface area contributed by atoms with Crippen LogP contribution in [0.15, 0.2) is 42.9 Å². The van der Waals surface area contributed by atoms with Gasteiger partial charge >= 0.3 is 0 Å². The van der Waals surface area contributed by atoms with Crippen molar-refractivity contribution in [3.63, 3.8) is 0 Å². The number of anilines is 3. The zero-order valence-electron chi connectivity index (χ0n) is 17.2. The highest BCUT2D eigenvalue weighted by atomic mass is 16.3. The van der Waals surface area contributed by atoms with Crippen LogP contribution in [-0.2, 0) is 6.42 Å². The molecular formula is C22H25N7O. The Morgan fingerprint density at radius 3 is 2.77 bits per heavy atom. The molecule has 154 valence electrons. The van der Waals surface area contributed by atoms with Crippen molar-refractivity contribution in [3.05, 3.63) is 54.2 Å². The normalized spacial score (nSPS) is 18.3. The van der Waals surface area contributed by atoms with Crippen molar-refractivity contribution in [2.75, 3.05) is 28.2 Å². The van der Waals surface area contributed by atoms with Crippen molar-refractivity contribution in [1.82, 2.24) is 19.9 Å². The third-order valence-electron chi connectivity index (χ3n) is 5.81. The summed E-state index contributed by atoms with van der Waals surface area (Å²) >= 11 is 0. The number of fused-ring (bicyclic) bond motifs is 4. The fourth-order valence-corrected chi connectivity index (χ4v) is 4.15. The topological polar surface area (TPSA) is 90.3 Å². The Bertz CT molecular complexity index is 1040. The number of hydrogen-bond donors (Lipinski definition) is 2. The van der Waals surface area contributed by atoms with E-state index in [4.69, 9.17) is 4.98 Å². The molecule has 0 spiro atoms. The predicted octanol–water partition coefficient (Wildman–Crippen LogP) is 2.59. The maximum atomic E-state index is 11.1. The van der Waals surface area contributed by atoms with Crippen LogP contribution in [0.3, 0.4) is 0 Å². The van der Waals surface area contributed by atoms with E-state index in [1.165, 1.54) is 0 Å². The van der Waals surface area contributed by atoms with Crippen molar-refractivity contribution in [2.24, 2.45) is 0 Å². The van der Waals surface area contributed by atoms with Crippen molar-refractivity contribution in [2.45, 2.75) is 39.1 Å². The standard InChI is InChI=1S/C22H25N7O/c1-3-16-11-25-20(12-24-16)27-22(30)29-17-8-9-28(13-17)19-7-6-18(26-21(19)29)15-5-4-14(2)23-10-15/h4-7,10-12,17,22,30H,3,8-9,13H2,1-2H3,(H,25,27)/t17-,22?/m0/s1. The summed E-state index contributed by atoms with van der Waals surface area (Å²) in [6.45, 7) is 5.84. The molecule has 5 heterocycles. The van der Waals surface area contributed by atoms with Crippen LogP contribution in [0.2, 0.25) is 0 Å². The highest BCUT2D eigenvalue weighted by molar-refractivity contribution is 5.76. The van der Waals surface area contributed by atoms with Gasteiger partial charge in [0.1, 0.15) is 5.82 Å². The molecule has 2 N–H and O–H groups in total. The Morgan fingerprint density at radius 2 is 2.03 bits per heavy atom. The molecule has 0 radical (unpaired) electrons. The van der Waals surface area contributed by atoms with E-state index in [0.29, 0.717) is 5.82 Å². The zero-order valence-corrected chi connectivity index (χ0v) is 17.2. The third kappa shape index (κ3) is 3.33. The Balaban J connectivity index is 1.48. The minimum absolute atomic E-state index is 0.182. The molecule has 2 aliphatic heterocycles. The first-order valence-electron chi connectivity index (χ1n) is 10.4. The number of rotatable bonds is 5. The van der Waals surface area contributed by atoms with Crippen LogP contribution >= 0.6 is 0 Å². The number of aromatic nitrogens is 4. The summed E-state index contributed by atoms with van der Waals surface area (Å²) in [5, 5.41) is 14.2. The van der Waals surface area contributed by atoms with Gasteiger partial charge in [0.2, 0.25) is 6.35 Å². The summed E-state index contributed by atoms with van der Waals surface area (Å²) in [6, 6.07) is 8.31. The van der Waals surface area contributed by atoms with Crippen LogP contribution in [0.25, 0.3) is 11.3 Å². The molecule has 0 aliphatic carbocycles. The van der Waals surface area contributed by atoms with Gasteiger partial charge in [0, 0.05) is 30.5 Å². The van der Waals surface area contributed by atoms with E-state index >= 15 is 0 Å². The first-order chi connectivity index (χ1) is 14.6. The van der Waals surface area contributed by atoms with Gasteiger partial charge in [-0.1, -0.05) is 6.92 Å². The molecule has 8 nitrogen and oxygen atoms in total. The van der Waals surface area contributed by atoms with E-state index in [0.717, 1.165) is 60.1 Å². The maximum Gasteiger partial charge on any atom is 0.208 e. The molecular weight excluding hydrogens is 378 g/mol. The predicted molar refractivity (Wildman–Crippen MR) is 116 cm³/mol. The number of aliphatic hydroxyl groups is 1. The van der Waals surface area contributed by atoms with E-state index in [-0.39, 0.29) is 6.04 Å². The number of aryl methyl sites for hydroxylation is 2. The molecule has 8 heteroatoms. The molecule has 2 bridgehead atoms. The lowest BCUT2D eigenvalue weighted by atomic mass is 10.1. The molecule has 2 aliphatic rings. The van der Waals surface area contributed by atoms with Gasteiger partial charge in [0.15, 0.2) is 5.82 Å². The second kappa shape index (κ2) is 7.53. The molecule has 0 saturated carbocycles. The molecule has 0 aromatic carbocycles. The summed E-state index contributed by atoms with van der Waals surface area (Å²) in [5.74, 6) is 1.32. The Kier molecular flexibility index (Phi) is 4.71. The monoisotopic (exact) mass is 403 g/mol. The smallest absolute Gasteiger partial charge is 0.208 e. The number of hydrogen-bond acceptors (Lipinski definition) is 8. The molecule has 1 saturated heterocycles. The van der Waals surface area contributed by atoms with E-state index < -0.39 is 6.35 Å². The number of nitrogens with one attached hydrogen (secondary N) is 1. The second-order valence-electron chi connectivity index (χ2n) is 7.79. The second-order valence-corrected chi connectivity index (χ2v) is 7.79. The largest absolute Gasteiger partial charge is 0.366 e. The average Bonchev–Trinajstić information content (AvgIpc) is 3.19. The minimum Gasteiger partial charge on any atom is -0.366 e. The minimum atomic E-state index is -0.949. The Morgan fingerprint density at radius 1 is 1.13 bits per heavy atom. The third-order valence-corrected chi connectivity index (χ3v) is 5.81. The van der Waals surface area contributed by atoms with Crippen LogP contribution < -0.4 is 15.1 Å². The first-order valence-corrected chi connectivity index (χ1v) is 10.4. The van der Waals surface area contributed by atoms with Gasteiger partial charge in [-0.15, -0.1) is 0 Å². The van der Waals surface area contributed by atoms with Crippen molar-refractivity contribution in [1.29, 1.82) is 0 Å². The van der Waals surface area contributed by atoms with Gasteiger partial charge in [-0.3, -0.25) is 9.97 Å². The quantitative estimate of drug-likeness (QED) is 0.629.